The average Bonchev–Trinajstić information content (AvgIpc) is 2.58. The van der Waals surface area contributed by atoms with E-state index >= 15 is 0 Å². The standard InChI is InChI=1S/C19H16N2O2/c22-19(23)16-3-7-18(8-4-16)21-17-5-1-14(2-6-17)13-15-9-11-20-12-10-15/h1-12,21H,13H2,(H,22,23). The zero-order valence-electron chi connectivity index (χ0n) is 12.4. The largest absolute Gasteiger partial charge is 0.478 e. The third kappa shape index (κ3) is 3.95. The van der Waals surface area contributed by atoms with E-state index < -0.39 is 5.97 Å². The van der Waals surface area contributed by atoms with Gasteiger partial charge in [-0.2, -0.15) is 0 Å². The van der Waals surface area contributed by atoms with Crippen LogP contribution in [0.4, 0.5) is 11.4 Å². The number of pyridine rings is 1. The summed E-state index contributed by atoms with van der Waals surface area (Å²) in [4.78, 5) is 14.9. The van der Waals surface area contributed by atoms with Crippen LogP contribution in [0.1, 0.15) is 21.5 Å². The van der Waals surface area contributed by atoms with Crippen molar-refractivity contribution >= 4 is 17.3 Å². The summed E-state index contributed by atoms with van der Waals surface area (Å²) in [5.74, 6) is -0.919. The molecule has 114 valence electrons. The van der Waals surface area contributed by atoms with Gasteiger partial charge in [0.2, 0.25) is 0 Å². The minimum absolute atomic E-state index is 0.281. The van der Waals surface area contributed by atoms with Gasteiger partial charge in [-0.1, -0.05) is 12.1 Å². The van der Waals surface area contributed by atoms with Gasteiger partial charge in [0.05, 0.1) is 5.56 Å². The lowest BCUT2D eigenvalue weighted by Crippen LogP contribution is -1.96. The fourth-order valence-corrected chi connectivity index (χ4v) is 2.31. The molecule has 0 aliphatic carbocycles. The smallest absolute Gasteiger partial charge is 0.335 e. The molecule has 1 heterocycles. The highest BCUT2D eigenvalue weighted by Crippen LogP contribution is 2.19. The Morgan fingerprint density at radius 3 is 1.91 bits per heavy atom. The van der Waals surface area contributed by atoms with E-state index in [-0.39, 0.29) is 5.56 Å². The number of nitrogens with zero attached hydrogens (tertiary/aromatic N) is 1. The van der Waals surface area contributed by atoms with Crippen LogP contribution in [-0.2, 0) is 6.42 Å². The molecule has 4 heteroatoms. The van der Waals surface area contributed by atoms with Gasteiger partial charge in [0.25, 0.3) is 0 Å². The van der Waals surface area contributed by atoms with Gasteiger partial charge in [0.1, 0.15) is 0 Å². The number of aromatic nitrogens is 1. The summed E-state index contributed by atoms with van der Waals surface area (Å²) in [7, 11) is 0. The number of carboxylic acids is 1. The molecule has 0 aliphatic rings. The molecule has 3 rings (SSSR count). The van der Waals surface area contributed by atoms with Crippen molar-refractivity contribution in [1.29, 1.82) is 0 Å². The Labute approximate surface area is 134 Å². The molecule has 0 bridgehead atoms. The summed E-state index contributed by atoms with van der Waals surface area (Å²) < 4.78 is 0. The number of aromatic carboxylic acids is 1. The van der Waals surface area contributed by atoms with Crippen LogP contribution < -0.4 is 5.32 Å². The molecule has 2 aromatic carbocycles. The van der Waals surface area contributed by atoms with E-state index in [1.807, 2.05) is 24.3 Å². The Morgan fingerprint density at radius 2 is 1.35 bits per heavy atom. The average molecular weight is 304 g/mol. The topological polar surface area (TPSA) is 62.2 Å². The van der Waals surface area contributed by atoms with Gasteiger partial charge in [-0.05, 0) is 66.1 Å². The molecular formula is C19H16N2O2. The van der Waals surface area contributed by atoms with Crippen molar-refractivity contribution in [3.63, 3.8) is 0 Å². The zero-order chi connectivity index (χ0) is 16.1. The lowest BCUT2D eigenvalue weighted by Gasteiger charge is -2.08. The molecule has 0 atom stereocenters. The van der Waals surface area contributed by atoms with E-state index in [0.29, 0.717) is 0 Å². The summed E-state index contributed by atoms with van der Waals surface area (Å²) in [6, 6.07) is 18.9. The molecule has 0 radical (unpaired) electrons. The van der Waals surface area contributed by atoms with Crippen LogP contribution in [0.2, 0.25) is 0 Å². The minimum Gasteiger partial charge on any atom is -0.478 e. The van der Waals surface area contributed by atoms with E-state index in [1.165, 1.54) is 11.1 Å². The number of hydrogen-bond donors (Lipinski definition) is 2. The summed E-state index contributed by atoms with van der Waals surface area (Å²) >= 11 is 0. The van der Waals surface area contributed by atoms with E-state index in [4.69, 9.17) is 5.11 Å². The first-order valence-corrected chi connectivity index (χ1v) is 7.29. The van der Waals surface area contributed by atoms with Gasteiger partial charge < -0.3 is 10.4 Å². The molecule has 0 unspecified atom stereocenters. The van der Waals surface area contributed by atoms with Gasteiger partial charge in [-0.25, -0.2) is 4.79 Å². The first-order chi connectivity index (χ1) is 11.2. The van der Waals surface area contributed by atoms with Crippen LogP contribution in [0.3, 0.4) is 0 Å². The number of carbonyl (C=O) groups is 1. The summed E-state index contributed by atoms with van der Waals surface area (Å²) in [6.45, 7) is 0. The third-order valence-electron chi connectivity index (χ3n) is 3.53. The molecule has 1 aromatic heterocycles. The molecule has 0 fully saturated rings. The van der Waals surface area contributed by atoms with Crippen LogP contribution in [0.25, 0.3) is 0 Å². The van der Waals surface area contributed by atoms with Crippen LogP contribution in [0.5, 0.6) is 0 Å². The van der Waals surface area contributed by atoms with Crippen LogP contribution in [-0.4, -0.2) is 16.1 Å². The van der Waals surface area contributed by atoms with E-state index in [1.54, 1.807) is 36.7 Å². The first kappa shape index (κ1) is 14.8. The van der Waals surface area contributed by atoms with Crippen LogP contribution in [0.15, 0.2) is 73.1 Å². The van der Waals surface area contributed by atoms with E-state index in [9.17, 15) is 4.79 Å². The molecule has 0 amide bonds. The zero-order valence-corrected chi connectivity index (χ0v) is 12.4. The number of anilines is 2. The highest BCUT2D eigenvalue weighted by atomic mass is 16.4. The Hall–Kier alpha value is -3.14. The van der Waals surface area contributed by atoms with Crippen molar-refractivity contribution in [2.24, 2.45) is 0 Å². The van der Waals surface area contributed by atoms with E-state index in [0.717, 1.165) is 17.8 Å². The number of nitrogens with one attached hydrogen (secondary N) is 1. The van der Waals surface area contributed by atoms with Gasteiger partial charge in [-0.3, -0.25) is 4.98 Å². The predicted octanol–water partition coefficient (Wildman–Crippen LogP) is 4.11. The Morgan fingerprint density at radius 1 is 0.826 bits per heavy atom. The summed E-state index contributed by atoms with van der Waals surface area (Å²) in [6.07, 6.45) is 4.47. The van der Waals surface area contributed by atoms with Crippen molar-refractivity contribution in [3.05, 3.63) is 89.7 Å². The number of rotatable bonds is 5. The number of hydrogen-bond acceptors (Lipinski definition) is 3. The van der Waals surface area contributed by atoms with E-state index in [2.05, 4.69) is 22.4 Å². The highest BCUT2D eigenvalue weighted by molar-refractivity contribution is 5.88. The quantitative estimate of drug-likeness (QED) is 0.744. The van der Waals surface area contributed by atoms with Crippen LogP contribution in [0, 0.1) is 0 Å². The van der Waals surface area contributed by atoms with Gasteiger partial charge in [0, 0.05) is 23.8 Å². The van der Waals surface area contributed by atoms with Crippen molar-refractivity contribution < 1.29 is 9.90 Å². The molecule has 2 N–H and O–H groups in total. The molecule has 23 heavy (non-hydrogen) atoms. The van der Waals surface area contributed by atoms with Crippen molar-refractivity contribution in [1.82, 2.24) is 4.98 Å². The Kier molecular flexibility index (Phi) is 4.34. The second kappa shape index (κ2) is 6.75. The second-order valence-corrected chi connectivity index (χ2v) is 5.24. The second-order valence-electron chi connectivity index (χ2n) is 5.24. The number of carboxylic acid groups (broad SMARTS) is 1. The van der Waals surface area contributed by atoms with Gasteiger partial charge in [0.15, 0.2) is 0 Å². The first-order valence-electron chi connectivity index (χ1n) is 7.29. The molecular weight excluding hydrogens is 288 g/mol. The fourth-order valence-electron chi connectivity index (χ4n) is 2.31. The molecule has 0 saturated heterocycles. The van der Waals surface area contributed by atoms with Gasteiger partial charge in [-0.15, -0.1) is 0 Å². The van der Waals surface area contributed by atoms with Crippen molar-refractivity contribution in [2.45, 2.75) is 6.42 Å². The number of benzene rings is 2. The van der Waals surface area contributed by atoms with Crippen LogP contribution >= 0.6 is 0 Å². The normalized spacial score (nSPS) is 10.3. The predicted molar refractivity (Wildman–Crippen MR) is 90.2 cm³/mol. The molecule has 4 nitrogen and oxygen atoms in total. The lowest BCUT2D eigenvalue weighted by atomic mass is 10.1. The SMILES string of the molecule is O=C(O)c1ccc(Nc2ccc(Cc3ccncc3)cc2)cc1. The Balaban J connectivity index is 1.66. The maximum absolute atomic E-state index is 10.8. The maximum atomic E-state index is 10.8. The Bertz CT molecular complexity index is 782. The fraction of sp³-hybridized carbons (Fsp3) is 0.0526. The maximum Gasteiger partial charge on any atom is 0.335 e. The van der Waals surface area contributed by atoms with Gasteiger partial charge >= 0.3 is 5.97 Å². The minimum atomic E-state index is -0.919. The molecule has 0 aliphatic heterocycles. The highest BCUT2D eigenvalue weighted by Gasteiger charge is 2.02. The monoisotopic (exact) mass is 304 g/mol. The summed E-state index contributed by atoms with van der Waals surface area (Å²) in [5, 5.41) is 12.2. The van der Waals surface area contributed by atoms with Crippen molar-refractivity contribution in [3.8, 4) is 0 Å². The molecule has 3 aromatic rings. The summed E-state index contributed by atoms with van der Waals surface area (Å²) in [5.41, 5.74) is 4.56. The molecule has 0 spiro atoms. The molecule has 0 saturated carbocycles. The van der Waals surface area contributed by atoms with Crippen molar-refractivity contribution in [2.75, 3.05) is 5.32 Å². The lowest BCUT2D eigenvalue weighted by molar-refractivity contribution is 0.0697. The third-order valence-corrected chi connectivity index (χ3v) is 3.53.